The minimum absolute atomic E-state index is 0.0607. The molecule has 3 nitrogen and oxygen atoms in total. The van der Waals surface area contributed by atoms with Gasteiger partial charge in [0.2, 0.25) is 0 Å². The molecule has 0 unspecified atom stereocenters. The molecule has 0 radical (unpaired) electrons. The van der Waals surface area contributed by atoms with E-state index < -0.39 is 0 Å². The number of anilines is 1. The van der Waals surface area contributed by atoms with Crippen molar-refractivity contribution in [2.45, 2.75) is 20.1 Å². The van der Waals surface area contributed by atoms with Crippen LogP contribution in [0.4, 0.5) is 5.13 Å². The van der Waals surface area contributed by atoms with Crippen LogP contribution in [0.25, 0.3) is 0 Å². The van der Waals surface area contributed by atoms with Crippen LogP contribution in [0.1, 0.15) is 16.0 Å². The van der Waals surface area contributed by atoms with Crippen molar-refractivity contribution in [2.75, 3.05) is 11.9 Å². The largest absolute Gasteiger partial charge is 0.391 e. The molecule has 1 aromatic heterocycles. The van der Waals surface area contributed by atoms with Gasteiger partial charge in [0.15, 0.2) is 5.13 Å². The van der Waals surface area contributed by atoms with E-state index in [1.54, 1.807) is 0 Å². The molecule has 0 aliphatic carbocycles. The van der Waals surface area contributed by atoms with Gasteiger partial charge in [-0.25, -0.2) is 4.98 Å². The smallest absolute Gasteiger partial charge is 0.187 e. The van der Waals surface area contributed by atoms with Gasteiger partial charge in [-0.1, -0.05) is 52.8 Å². The van der Waals surface area contributed by atoms with Crippen LogP contribution in [-0.2, 0) is 13.2 Å². The second-order valence-electron chi connectivity index (χ2n) is 4.21. The standard InChI is InChI=1S/C13H15ClN2OS/c1-9-4-3-5-10(6-9)7-16(2)13-15-12(14)11(8-17)18-13/h3-6,17H,7-8H2,1-2H3. The number of rotatable bonds is 4. The van der Waals surface area contributed by atoms with Crippen LogP contribution in [-0.4, -0.2) is 17.1 Å². The summed E-state index contributed by atoms with van der Waals surface area (Å²) in [7, 11) is 1.97. The van der Waals surface area contributed by atoms with E-state index in [1.165, 1.54) is 22.5 Å². The summed E-state index contributed by atoms with van der Waals surface area (Å²) in [5.74, 6) is 0. The maximum atomic E-state index is 9.11. The second kappa shape index (κ2) is 5.69. The average Bonchev–Trinajstić information content (AvgIpc) is 2.70. The zero-order valence-electron chi connectivity index (χ0n) is 10.4. The molecule has 0 saturated carbocycles. The maximum absolute atomic E-state index is 9.11. The number of hydrogen-bond donors (Lipinski definition) is 1. The van der Waals surface area contributed by atoms with Crippen molar-refractivity contribution in [3.8, 4) is 0 Å². The fraction of sp³-hybridized carbons (Fsp3) is 0.308. The second-order valence-corrected chi connectivity index (χ2v) is 5.63. The molecule has 0 spiro atoms. The quantitative estimate of drug-likeness (QED) is 0.935. The molecule has 1 N–H and O–H groups in total. The molecule has 2 rings (SSSR count). The van der Waals surface area contributed by atoms with Gasteiger partial charge >= 0.3 is 0 Å². The van der Waals surface area contributed by atoms with E-state index in [0.717, 1.165) is 11.7 Å². The van der Waals surface area contributed by atoms with Gasteiger partial charge in [-0.15, -0.1) is 0 Å². The first kappa shape index (κ1) is 13.3. The van der Waals surface area contributed by atoms with Gasteiger partial charge in [0.05, 0.1) is 11.5 Å². The van der Waals surface area contributed by atoms with Crippen LogP contribution in [0.15, 0.2) is 24.3 Å². The Morgan fingerprint density at radius 2 is 2.22 bits per heavy atom. The molecule has 2 aromatic rings. The lowest BCUT2D eigenvalue weighted by Crippen LogP contribution is -2.15. The number of aliphatic hydroxyl groups excluding tert-OH is 1. The Balaban J connectivity index is 2.13. The number of hydrogen-bond acceptors (Lipinski definition) is 4. The third kappa shape index (κ3) is 3.02. The van der Waals surface area contributed by atoms with E-state index in [2.05, 4.69) is 30.1 Å². The number of benzene rings is 1. The van der Waals surface area contributed by atoms with Crippen molar-refractivity contribution >= 4 is 28.1 Å². The normalized spacial score (nSPS) is 10.7. The predicted molar refractivity (Wildman–Crippen MR) is 76.3 cm³/mol. The van der Waals surface area contributed by atoms with Gasteiger partial charge in [-0.3, -0.25) is 0 Å². The summed E-state index contributed by atoms with van der Waals surface area (Å²) in [4.78, 5) is 6.99. The Morgan fingerprint density at radius 3 is 2.83 bits per heavy atom. The minimum atomic E-state index is -0.0607. The van der Waals surface area contributed by atoms with Crippen molar-refractivity contribution in [1.29, 1.82) is 0 Å². The molecular weight excluding hydrogens is 268 g/mol. The van der Waals surface area contributed by atoms with Crippen molar-refractivity contribution in [3.63, 3.8) is 0 Å². The van der Waals surface area contributed by atoms with Gasteiger partial charge in [-0.05, 0) is 12.5 Å². The molecule has 18 heavy (non-hydrogen) atoms. The van der Waals surface area contributed by atoms with Gasteiger partial charge in [0, 0.05) is 13.6 Å². The Bertz CT molecular complexity index is 542. The topological polar surface area (TPSA) is 36.4 Å². The fourth-order valence-corrected chi connectivity index (χ4v) is 2.81. The minimum Gasteiger partial charge on any atom is -0.391 e. The third-order valence-corrected chi connectivity index (χ3v) is 4.19. The summed E-state index contributed by atoms with van der Waals surface area (Å²) in [6.07, 6.45) is 0. The molecule has 5 heteroatoms. The zero-order valence-corrected chi connectivity index (χ0v) is 11.9. The number of thiazole rings is 1. The molecule has 1 aromatic carbocycles. The molecular formula is C13H15ClN2OS. The molecule has 0 bridgehead atoms. The van der Waals surface area contributed by atoms with E-state index in [4.69, 9.17) is 16.7 Å². The summed E-state index contributed by atoms with van der Waals surface area (Å²) in [5, 5.41) is 10.3. The van der Waals surface area contributed by atoms with E-state index in [9.17, 15) is 0 Å². The van der Waals surface area contributed by atoms with Gasteiger partial charge in [0.25, 0.3) is 0 Å². The Hall–Kier alpha value is -1.10. The Labute approximate surface area is 116 Å². The van der Waals surface area contributed by atoms with E-state index in [-0.39, 0.29) is 6.61 Å². The highest BCUT2D eigenvalue weighted by molar-refractivity contribution is 7.16. The monoisotopic (exact) mass is 282 g/mol. The lowest BCUT2D eigenvalue weighted by atomic mass is 10.1. The Kier molecular flexibility index (Phi) is 4.22. The SMILES string of the molecule is Cc1cccc(CN(C)c2nc(Cl)c(CO)s2)c1. The maximum Gasteiger partial charge on any atom is 0.187 e. The van der Waals surface area contributed by atoms with E-state index in [0.29, 0.717) is 10.0 Å². The lowest BCUT2D eigenvalue weighted by molar-refractivity contribution is 0.285. The highest BCUT2D eigenvalue weighted by Crippen LogP contribution is 2.29. The van der Waals surface area contributed by atoms with Crippen LogP contribution in [0, 0.1) is 6.92 Å². The first-order chi connectivity index (χ1) is 8.60. The molecule has 96 valence electrons. The fourth-order valence-electron chi connectivity index (χ4n) is 1.73. The number of aryl methyl sites for hydroxylation is 1. The first-order valence-electron chi connectivity index (χ1n) is 5.63. The van der Waals surface area contributed by atoms with E-state index >= 15 is 0 Å². The summed E-state index contributed by atoms with van der Waals surface area (Å²) in [6, 6.07) is 8.37. The van der Waals surface area contributed by atoms with Crippen LogP contribution in [0.2, 0.25) is 5.15 Å². The van der Waals surface area contributed by atoms with Crippen LogP contribution < -0.4 is 4.90 Å². The Morgan fingerprint density at radius 1 is 1.44 bits per heavy atom. The third-order valence-electron chi connectivity index (χ3n) is 2.61. The van der Waals surface area contributed by atoms with Crippen molar-refractivity contribution < 1.29 is 5.11 Å². The highest BCUT2D eigenvalue weighted by Gasteiger charge is 2.12. The zero-order chi connectivity index (χ0) is 13.1. The number of nitrogens with zero attached hydrogens (tertiary/aromatic N) is 2. The molecule has 0 amide bonds. The van der Waals surface area contributed by atoms with Gasteiger partial charge in [-0.2, -0.15) is 0 Å². The van der Waals surface area contributed by atoms with E-state index in [1.807, 2.05) is 18.0 Å². The molecule has 0 aliphatic rings. The molecule has 0 fully saturated rings. The molecule has 1 heterocycles. The van der Waals surface area contributed by atoms with Gasteiger partial charge in [0.1, 0.15) is 5.15 Å². The number of halogens is 1. The van der Waals surface area contributed by atoms with Crippen LogP contribution in [0.3, 0.4) is 0 Å². The molecule has 0 saturated heterocycles. The highest BCUT2D eigenvalue weighted by atomic mass is 35.5. The summed E-state index contributed by atoms with van der Waals surface area (Å²) in [5.41, 5.74) is 2.48. The van der Waals surface area contributed by atoms with Crippen molar-refractivity contribution in [1.82, 2.24) is 4.98 Å². The van der Waals surface area contributed by atoms with Gasteiger partial charge < -0.3 is 10.0 Å². The summed E-state index contributed by atoms with van der Waals surface area (Å²) in [6.45, 7) is 2.79. The lowest BCUT2D eigenvalue weighted by Gasteiger charge is -2.15. The first-order valence-corrected chi connectivity index (χ1v) is 6.82. The predicted octanol–water partition coefficient (Wildman–Crippen LogP) is 3.23. The van der Waals surface area contributed by atoms with Crippen molar-refractivity contribution in [3.05, 3.63) is 45.4 Å². The number of aromatic nitrogens is 1. The van der Waals surface area contributed by atoms with Crippen LogP contribution in [0.5, 0.6) is 0 Å². The summed E-state index contributed by atoms with van der Waals surface area (Å²) < 4.78 is 0. The number of aliphatic hydroxyl groups is 1. The van der Waals surface area contributed by atoms with Crippen molar-refractivity contribution in [2.24, 2.45) is 0 Å². The molecule has 0 atom stereocenters. The molecule has 0 aliphatic heterocycles. The average molecular weight is 283 g/mol. The van der Waals surface area contributed by atoms with Crippen LogP contribution >= 0.6 is 22.9 Å². The summed E-state index contributed by atoms with van der Waals surface area (Å²) >= 11 is 7.35.